The summed E-state index contributed by atoms with van der Waals surface area (Å²) >= 11 is 12.1. The molecule has 0 aliphatic heterocycles. The van der Waals surface area contributed by atoms with Gasteiger partial charge < -0.3 is 15.0 Å². The first-order chi connectivity index (χ1) is 14.7. The Morgan fingerprint density at radius 2 is 1.74 bits per heavy atom. The topological polar surface area (TPSA) is 58.6 Å². The average molecular weight is 465 g/mol. The maximum Gasteiger partial charge on any atom is 0.261 e. The van der Waals surface area contributed by atoms with Gasteiger partial charge >= 0.3 is 0 Å². The minimum absolute atomic E-state index is 0.170. The summed E-state index contributed by atoms with van der Waals surface area (Å²) in [6.45, 7) is 8.34. The van der Waals surface area contributed by atoms with Gasteiger partial charge in [-0.15, -0.1) is 0 Å². The molecule has 1 N–H and O–H groups in total. The van der Waals surface area contributed by atoms with E-state index in [9.17, 15) is 9.59 Å². The van der Waals surface area contributed by atoms with Crippen molar-refractivity contribution in [3.8, 4) is 5.75 Å². The van der Waals surface area contributed by atoms with Crippen molar-refractivity contribution in [3.63, 3.8) is 0 Å². The van der Waals surface area contributed by atoms with Crippen LogP contribution < -0.4 is 10.1 Å². The minimum atomic E-state index is -0.665. The summed E-state index contributed by atoms with van der Waals surface area (Å²) in [6.07, 6.45) is 1.86. The SMILES string of the molecule is CCCCNC(=O)[C@H](C)N(Cc1ccc(Cl)c(Cl)c1)C(=O)COc1cc(C)cc(C)c1. The van der Waals surface area contributed by atoms with Crippen LogP contribution in [-0.4, -0.2) is 35.9 Å². The van der Waals surface area contributed by atoms with Gasteiger partial charge in [-0.05, 0) is 68.1 Å². The van der Waals surface area contributed by atoms with E-state index in [0.717, 1.165) is 29.5 Å². The monoisotopic (exact) mass is 464 g/mol. The van der Waals surface area contributed by atoms with Gasteiger partial charge in [0, 0.05) is 13.1 Å². The van der Waals surface area contributed by atoms with Gasteiger partial charge in [0.15, 0.2) is 6.61 Å². The van der Waals surface area contributed by atoms with Crippen LogP contribution in [0, 0.1) is 13.8 Å². The predicted octanol–water partition coefficient (Wildman–Crippen LogP) is 5.32. The fraction of sp³-hybridized carbons (Fsp3) is 0.417. The lowest BCUT2D eigenvalue weighted by Crippen LogP contribution is -2.49. The zero-order valence-corrected chi connectivity index (χ0v) is 20.0. The summed E-state index contributed by atoms with van der Waals surface area (Å²) in [6, 6.07) is 10.3. The van der Waals surface area contributed by atoms with E-state index in [1.165, 1.54) is 4.90 Å². The van der Waals surface area contributed by atoms with Crippen molar-refractivity contribution >= 4 is 35.0 Å². The lowest BCUT2D eigenvalue weighted by molar-refractivity contribution is -0.142. The number of hydrogen-bond donors (Lipinski definition) is 1. The Labute approximate surface area is 194 Å². The highest BCUT2D eigenvalue weighted by atomic mass is 35.5. The number of carbonyl (C=O) groups excluding carboxylic acids is 2. The first-order valence-electron chi connectivity index (χ1n) is 10.4. The number of nitrogens with zero attached hydrogens (tertiary/aromatic N) is 1. The molecule has 2 amide bonds. The number of unbranched alkanes of at least 4 members (excludes halogenated alkanes) is 1. The summed E-state index contributed by atoms with van der Waals surface area (Å²) in [5.74, 6) is 0.136. The zero-order chi connectivity index (χ0) is 23.0. The third-order valence-electron chi connectivity index (χ3n) is 4.89. The number of aryl methyl sites for hydroxylation is 2. The van der Waals surface area contributed by atoms with Gasteiger partial charge in [0.25, 0.3) is 5.91 Å². The van der Waals surface area contributed by atoms with Crippen LogP contribution in [0.2, 0.25) is 10.0 Å². The molecule has 0 heterocycles. The van der Waals surface area contributed by atoms with Crippen molar-refractivity contribution in [3.05, 3.63) is 63.1 Å². The van der Waals surface area contributed by atoms with Crippen molar-refractivity contribution in [2.75, 3.05) is 13.2 Å². The summed E-state index contributed by atoms with van der Waals surface area (Å²) in [5, 5.41) is 3.73. The third-order valence-corrected chi connectivity index (χ3v) is 5.63. The molecule has 0 spiro atoms. The molecular weight excluding hydrogens is 435 g/mol. The average Bonchev–Trinajstić information content (AvgIpc) is 2.71. The maximum atomic E-state index is 13.1. The number of rotatable bonds is 10. The Kier molecular flexibility index (Phi) is 9.66. The molecule has 2 aromatic carbocycles. The fourth-order valence-electron chi connectivity index (χ4n) is 3.20. The van der Waals surface area contributed by atoms with Crippen LogP contribution in [0.3, 0.4) is 0 Å². The van der Waals surface area contributed by atoms with E-state index >= 15 is 0 Å². The quantitative estimate of drug-likeness (QED) is 0.483. The highest BCUT2D eigenvalue weighted by molar-refractivity contribution is 6.42. The molecule has 2 aromatic rings. The van der Waals surface area contributed by atoms with Crippen LogP contribution in [0.4, 0.5) is 0 Å². The number of halogens is 2. The summed E-state index contributed by atoms with van der Waals surface area (Å²) in [7, 11) is 0. The summed E-state index contributed by atoms with van der Waals surface area (Å²) in [5.41, 5.74) is 2.89. The maximum absolute atomic E-state index is 13.1. The Bertz CT molecular complexity index is 897. The number of hydrogen-bond acceptors (Lipinski definition) is 3. The molecule has 0 aliphatic rings. The second-order valence-corrected chi connectivity index (χ2v) is 8.52. The smallest absolute Gasteiger partial charge is 0.261 e. The standard InChI is InChI=1S/C24H30Cl2N2O3/c1-5-6-9-27-24(30)18(4)28(14-19-7-8-21(25)22(26)13-19)23(29)15-31-20-11-16(2)10-17(3)12-20/h7-8,10-13,18H,5-6,9,14-15H2,1-4H3,(H,27,30)/t18-/m0/s1. The second kappa shape index (κ2) is 12.0. The van der Waals surface area contributed by atoms with Crippen molar-refractivity contribution in [2.24, 2.45) is 0 Å². The van der Waals surface area contributed by atoms with Gasteiger partial charge in [0.05, 0.1) is 10.0 Å². The van der Waals surface area contributed by atoms with Gasteiger partial charge in [-0.3, -0.25) is 9.59 Å². The molecule has 5 nitrogen and oxygen atoms in total. The van der Waals surface area contributed by atoms with Gasteiger partial charge in [-0.2, -0.15) is 0 Å². The number of carbonyl (C=O) groups is 2. The molecule has 31 heavy (non-hydrogen) atoms. The molecule has 7 heteroatoms. The normalized spacial score (nSPS) is 11.7. The number of ether oxygens (including phenoxy) is 1. The van der Waals surface area contributed by atoms with Crippen LogP contribution in [-0.2, 0) is 16.1 Å². The van der Waals surface area contributed by atoms with Gasteiger partial charge in [0.2, 0.25) is 5.91 Å². The van der Waals surface area contributed by atoms with E-state index in [1.807, 2.05) is 32.0 Å². The van der Waals surface area contributed by atoms with E-state index < -0.39 is 6.04 Å². The third kappa shape index (κ3) is 7.75. The molecule has 0 bridgehead atoms. The molecular formula is C24H30Cl2N2O3. The van der Waals surface area contributed by atoms with Crippen molar-refractivity contribution < 1.29 is 14.3 Å². The minimum Gasteiger partial charge on any atom is -0.484 e. The highest BCUT2D eigenvalue weighted by Gasteiger charge is 2.26. The molecule has 1 atom stereocenters. The van der Waals surface area contributed by atoms with E-state index in [0.29, 0.717) is 22.3 Å². The molecule has 0 aromatic heterocycles. The van der Waals surface area contributed by atoms with Crippen molar-refractivity contribution in [1.29, 1.82) is 0 Å². The molecule has 0 saturated heterocycles. The summed E-state index contributed by atoms with van der Waals surface area (Å²) in [4.78, 5) is 27.2. The fourth-order valence-corrected chi connectivity index (χ4v) is 3.52. The predicted molar refractivity (Wildman–Crippen MR) is 126 cm³/mol. The molecule has 2 rings (SSSR count). The van der Waals surface area contributed by atoms with Crippen LogP contribution >= 0.6 is 23.2 Å². The van der Waals surface area contributed by atoms with Crippen LogP contribution in [0.5, 0.6) is 5.75 Å². The Balaban J connectivity index is 2.16. The largest absolute Gasteiger partial charge is 0.484 e. The number of amides is 2. The van der Waals surface area contributed by atoms with Gasteiger partial charge in [-0.1, -0.05) is 48.7 Å². The lowest BCUT2D eigenvalue weighted by atomic mass is 10.1. The Morgan fingerprint density at radius 1 is 1.06 bits per heavy atom. The number of nitrogens with one attached hydrogen (secondary N) is 1. The van der Waals surface area contributed by atoms with Crippen LogP contribution in [0.25, 0.3) is 0 Å². The lowest BCUT2D eigenvalue weighted by Gasteiger charge is -2.29. The van der Waals surface area contributed by atoms with Crippen molar-refractivity contribution in [2.45, 2.75) is 53.1 Å². The highest BCUT2D eigenvalue weighted by Crippen LogP contribution is 2.24. The first-order valence-corrected chi connectivity index (χ1v) is 11.2. The molecule has 0 unspecified atom stereocenters. The second-order valence-electron chi connectivity index (χ2n) is 7.70. The van der Waals surface area contributed by atoms with Crippen LogP contribution in [0.1, 0.15) is 43.4 Å². The molecule has 0 aliphatic carbocycles. The summed E-state index contributed by atoms with van der Waals surface area (Å²) < 4.78 is 5.75. The molecule has 0 fully saturated rings. The molecule has 0 saturated carbocycles. The van der Waals surface area contributed by atoms with Crippen molar-refractivity contribution in [1.82, 2.24) is 10.2 Å². The van der Waals surface area contributed by atoms with E-state index in [2.05, 4.69) is 12.2 Å². The number of benzene rings is 2. The van der Waals surface area contributed by atoms with Gasteiger partial charge in [0.1, 0.15) is 11.8 Å². The zero-order valence-electron chi connectivity index (χ0n) is 18.5. The molecule has 0 radical (unpaired) electrons. The molecule has 168 valence electrons. The van der Waals surface area contributed by atoms with E-state index in [-0.39, 0.29) is 25.0 Å². The Morgan fingerprint density at radius 3 is 2.35 bits per heavy atom. The first kappa shape index (κ1) is 25.0. The Hall–Kier alpha value is -2.24. The van der Waals surface area contributed by atoms with Crippen LogP contribution in [0.15, 0.2) is 36.4 Å². The van der Waals surface area contributed by atoms with Gasteiger partial charge in [-0.25, -0.2) is 0 Å². The van der Waals surface area contributed by atoms with E-state index in [4.69, 9.17) is 27.9 Å². The van der Waals surface area contributed by atoms with E-state index in [1.54, 1.807) is 25.1 Å².